The molecule has 1 amide bonds. The third kappa shape index (κ3) is 5.07. The number of amides is 1. The summed E-state index contributed by atoms with van der Waals surface area (Å²) in [6.07, 6.45) is 2.11. The van der Waals surface area contributed by atoms with E-state index in [2.05, 4.69) is 10.3 Å². The number of aryl methyl sites for hydroxylation is 1. The zero-order valence-corrected chi connectivity index (χ0v) is 11.5. The van der Waals surface area contributed by atoms with Crippen LogP contribution in [-0.4, -0.2) is 28.5 Å². The van der Waals surface area contributed by atoms with E-state index in [0.717, 1.165) is 5.69 Å². The molecule has 1 heterocycles. The first-order chi connectivity index (χ1) is 8.90. The largest absolute Gasteiger partial charge is 0.481 e. The van der Waals surface area contributed by atoms with Gasteiger partial charge in [0, 0.05) is 24.0 Å². The Balaban J connectivity index is 2.59. The van der Waals surface area contributed by atoms with E-state index in [1.807, 2.05) is 13.8 Å². The van der Waals surface area contributed by atoms with Crippen LogP contribution in [0.5, 0.6) is 0 Å². The van der Waals surface area contributed by atoms with E-state index >= 15 is 0 Å². The van der Waals surface area contributed by atoms with Gasteiger partial charge in [0.1, 0.15) is 0 Å². The Morgan fingerprint density at radius 2 is 2.11 bits per heavy atom. The standard InChI is InChI=1S/C14H20N2O3/c1-9(2)6-12(14(18)19)8-16-13(17)11-4-5-15-10(3)7-11/h4-5,7,9,12H,6,8H2,1-3H3,(H,16,17)(H,18,19). The molecule has 1 aromatic rings. The Bertz CT molecular complexity index is 458. The first-order valence-electron chi connectivity index (χ1n) is 6.33. The lowest BCUT2D eigenvalue weighted by Gasteiger charge is -2.15. The van der Waals surface area contributed by atoms with Gasteiger partial charge in [-0.3, -0.25) is 14.6 Å². The summed E-state index contributed by atoms with van der Waals surface area (Å²) in [6.45, 7) is 5.87. The summed E-state index contributed by atoms with van der Waals surface area (Å²) in [5, 5.41) is 11.8. The lowest BCUT2D eigenvalue weighted by atomic mass is 9.97. The summed E-state index contributed by atoms with van der Waals surface area (Å²) in [7, 11) is 0. The maximum atomic E-state index is 11.9. The average Bonchev–Trinajstić information content (AvgIpc) is 2.33. The molecule has 0 aliphatic rings. The van der Waals surface area contributed by atoms with Crippen molar-refractivity contribution in [2.75, 3.05) is 6.54 Å². The van der Waals surface area contributed by atoms with Crippen LogP contribution in [-0.2, 0) is 4.79 Å². The number of rotatable bonds is 6. The molecular formula is C14H20N2O3. The van der Waals surface area contributed by atoms with Gasteiger partial charge in [0.25, 0.3) is 5.91 Å². The zero-order chi connectivity index (χ0) is 14.4. The fourth-order valence-electron chi connectivity index (χ4n) is 1.85. The van der Waals surface area contributed by atoms with Gasteiger partial charge in [-0.05, 0) is 31.4 Å². The van der Waals surface area contributed by atoms with Gasteiger partial charge >= 0.3 is 5.97 Å². The molecule has 2 N–H and O–H groups in total. The molecule has 19 heavy (non-hydrogen) atoms. The molecule has 1 unspecified atom stereocenters. The molecule has 0 radical (unpaired) electrons. The molecule has 5 heteroatoms. The van der Waals surface area contributed by atoms with Gasteiger partial charge in [-0.1, -0.05) is 13.8 Å². The van der Waals surface area contributed by atoms with Crippen LogP contribution in [0.1, 0.15) is 36.3 Å². The van der Waals surface area contributed by atoms with Crippen LogP contribution in [0.4, 0.5) is 0 Å². The minimum Gasteiger partial charge on any atom is -0.481 e. The highest BCUT2D eigenvalue weighted by atomic mass is 16.4. The second kappa shape index (κ2) is 6.87. The number of nitrogens with zero attached hydrogens (tertiary/aromatic N) is 1. The van der Waals surface area contributed by atoms with E-state index in [-0.39, 0.29) is 18.4 Å². The fourth-order valence-corrected chi connectivity index (χ4v) is 1.85. The van der Waals surface area contributed by atoms with Crippen LogP contribution < -0.4 is 5.32 Å². The average molecular weight is 264 g/mol. The third-order valence-electron chi connectivity index (χ3n) is 2.77. The van der Waals surface area contributed by atoms with E-state index in [1.54, 1.807) is 25.3 Å². The molecule has 0 saturated heterocycles. The maximum absolute atomic E-state index is 11.9. The molecule has 104 valence electrons. The van der Waals surface area contributed by atoms with Gasteiger partial charge in [-0.15, -0.1) is 0 Å². The van der Waals surface area contributed by atoms with Crippen molar-refractivity contribution in [2.45, 2.75) is 27.2 Å². The van der Waals surface area contributed by atoms with Gasteiger partial charge in [0.2, 0.25) is 0 Å². The van der Waals surface area contributed by atoms with E-state index in [1.165, 1.54) is 0 Å². The molecule has 5 nitrogen and oxygen atoms in total. The molecule has 0 aliphatic heterocycles. The highest BCUT2D eigenvalue weighted by Crippen LogP contribution is 2.11. The predicted octanol–water partition coefficient (Wildman–Crippen LogP) is 1.87. The van der Waals surface area contributed by atoms with Crippen LogP contribution in [0.15, 0.2) is 18.3 Å². The zero-order valence-electron chi connectivity index (χ0n) is 11.5. The maximum Gasteiger partial charge on any atom is 0.308 e. The number of hydrogen-bond acceptors (Lipinski definition) is 3. The number of aliphatic carboxylic acids is 1. The van der Waals surface area contributed by atoms with Crippen molar-refractivity contribution in [2.24, 2.45) is 11.8 Å². The first kappa shape index (κ1) is 15.1. The molecule has 0 aliphatic carbocycles. The number of carboxylic acid groups (broad SMARTS) is 1. The quantitative estimate of drug-likeness (QED) is 0.822. The number of carbonyl (C=O) groups is 2. The van der Waals surface area contributed by atoms with Crippen LogP contribution in [0.3, 0.4) is 0 Å². The Kier molecular flexibility index (Phi) is 5.48. The van der Waals surface area contributed by atoms with Crippen molar-refractivity contribution in [1.29, 1.82) is 0 Å². The van der Waals surface area contributed by atoms with E-state index in [4.69, 9.17) is 5.11 Å². The summed E-state index contributed by atoms with van der Waals surface area (Å²) in [5.41, 5.74) is 1.26. The van der Waals surface area contributed by atoms with Gasteiger partial charge in [-0.25, -0.2) is 0 Å². The van der Waals surface area contributed by atoms with Gasteiger partial charge in [0.05, 0.1) is 5.92 Å². The van der Waals surface area contributed by atoms with Crippen LogP contribution in [0.25, 0.3) is 0 Å². The lowest BCUT2D eigenvalue weighted by Crippen LogP contribution is -2.33. The summed E-state index contributed by atoms with van der Waals surface area (Å²) in [4.78, 5) is 27.0. The highest BCUT2D eigenvalue weighted by molar-refractivity contribution is 5.94. The second-order valence-corrected chi connectivity index (χ2v) is 5.06. The van der Waals surface area contributed by atoms with Crippen molar-refractivity contribution in [3.63, 3.8) is 0 Å². The molecule has 1 rings (SSSR count). The van der Waals surface area contributed by atoms with Crippen molar-refractivity contribution in [1.82, 2.24) is 10.3 Å². The lowest BCUT2D eigenvalue weighted by molar-refractivity contribution is -0.142. The van der Waals surface area contributed by atoms with Gasteiger partial charge < -0.3 is 10.4 Å². The summed E-state index contributed by atoms with van der Waals surface area (Å²) < 4.78 is 0. The number of carbonyl (C=O) groups excluding carboxylic acids is 1. The monoisotopic (exact) mass is 264 g/mol. The summed E-state index contributed by atoms with van der Waals surface area (Å²) in [6, 6.07) is 3.29. The summed E-state index contributed by atoms with van der Waals surface area (Å²) >= 11 is 0. The van der Waals surface area contributed by atoms with Crippen molar-refractivity contribution < 1.29 is 14.7 Å². The molecular weight excluding hydrogens is 244 g/mol. The molecule has 0 bridgehead atoms. The van der Waals surface area contributed by atoms with E-state index < -0.39 is 11.9 Å². The number of pyridine rings is 1. The van der Waals surface area contributed by atoms with Crippen LogP contribution >= 0.6 is 0 Å². The van der Waals surface area contributed by atoms with Gasteiger partial charge in [0.15, 0.2) is 0 Å². The normalized spacial score (nSPS) is 12.2. The number of aromatic nitrogens is 1. The predicted molar refractivity (Wildman–Crippen MR) is 71.9 cm³/mol. The molecule has 0 spiro atoms. The minimum atomic E-state index is -0.875. The van der Waals surface area contributed by atoms with Crippen molar-refractivity contribution in [3.8, 4) is 0 Å². The van der Waals surface area contributed by atoms with Crippen LogP contribution in [0, 0.1) is 18.8 Å². The van der Waals surface area contributed by atoms with Crippen molar-refractivity contribution >= 4 is 11.9 Å². The van der Waals surface area contributed by atoms with Gasteiger partial charge in [-0.2, -0.15) is 0 Å². The van der Waals surface area contributed by atoms with E-state index in [0.29, 0.717) is 12.0 Å². The number of carboxylic acids is 1. The SMILES string of the molecule is Cc1cc(C(=O)NCC(CC(C)C)C(=O)O)ccn1. The Morgan fingerprint density at radius 3 is 2.63 bits per heavy atom. The molecule has 0 saturated carbocycles. The number of nitrogens with one attached hydrogen (secondary N) is 1. The Labute approximate surface area is 113 Å². The smallest absolute Gasteiger partial charge is 0.308 e. The number of hydrogen-bond donors (Lipinski definition) is 2. The highest BCUT2D eigenvalue weighted by Gasteiger charge is 2.19. The molecule has 1 aromatic heterocycles. The third-order valence-corrected chi connectivity index (χ3v) is 2.77. The van der Waals surface area contributed by atoms with Crippen LogP contribution in [0.2, 0.25) is 0 Å². The Hall–Kier alpha value is -1.91. The second-order valence-electron chi connectivity index (χ2n) is 5.06. The van der Waals surface area contributed by atoms with E-state index in [9.17, 15) is 9.59 Å². The summed E-state index contributed by atoms with van der Waals surface area (Å²) in [5.74, 6) is -1.41. The Morgan fingerprint density at radius 1 is 1.42 bits per heavy atom. The molecule has 1 atom stereocenters. The molecule has 0 fully saturated rings. The first-order valence-corrected chi connectivity index (χ1v) is 6.33. The fraction of sp³-hybridized carbons (Fsp3) is 0.500. The topological polar surface area (TPSA) is 79.3 Å². The van der Waals surface area contributed by atoms with Crippen molar-refractivity contribution in [3.05, 3.63) is 29.6 Å². The minimum absolute atomic E-state index is 0.147. The molecule has 0 aromatic carbocycles.